The normalized spacial score (nSPS) is 17.8. The number of hydrogen-bond acceptors (Lipinski definition) is 3. The number of aromatic carboxylic acids is 1. The average molecular weight is 287 g/mol. The summed E-state index contributed by atoms with van der Waals surface area (Å²) in [4.78, 5) is 10.6. The fourth-order valence-electron chi connectivity index (χ4n) is 2.03. The summed E-state index contributed by atoms with van der Waals surface area (Å²) in [6.45, 7) is 1.79. The molecule has 0 spiro atoms. The van der Waals surface area contributed by atoms with Gasteiger partial charge >= 0.3 is 5.97 Å². The zero-order valence-electron chi connectivity index (χ0n) is 10.3. The molecule has 1 aromatic rings. The number of benzene rings is 1. The summed E-state index contributed by atoms with van der Waals surface area (Å²) in [5, 5.41) is 8.79. The Morgan fingerprint density at radius 1 is 1.42 bits per heavy atom. The molecule has 1 aliphatic carbocycles. The van der Waals surface area contributed by atoms with Crippen LogP contribution in [-0.2, 0) is 10.0 Å². The summed E-state index contributed by atoms with van der Waals surface area (Å²) >= 11 is 0. The molecule has 0 amide bonds. The van der Waals surface area contributed by atoms with Gasteiger partial charge in [-0.15, -0.1) is 0 Å². The third-order valence-corrected chi connectivity index (χ3v) is 4.95. The molecule has 1 fully saturated rings. The van der Waals surface area contributed by atoms with Crippen molar-refractivity contribution in [1.82, 2.24) is 4.72 Å². The van der Waals surface area contributed by atoms with Gasteiger partial charge < -0.3 is 5.11 Å². The fourth-order valence-corrected chi connectivity index (χ4v) is 3.52. The second-order valence-corrected chi connectivity index (χ2v) is 6.65. The highest BCUT2D eigenvalue weighted by atomic mass is 32.2. The smallest absolute Gasteiger partial charge is 0.338 e. The van der Waals surface area contributed by atoms with Crippen LogP contribution in [0.5, 0.6) is 0 Å². The third-order valence-electron chi connectivity index (χ3n) is 3.32. The molecule has 5 nitrogen and oxygen atoms in total. The van der Waals surface area contributed by atoms with Crippen LogP contribution in [0.4, 0.5) is 4.39 Å². The molecule has 104 valence electrons. The standard InChI is InChI=1S/C12H14FNO4S/c1-12(5-2-6-12)14-19(17,18)8-3-4-10(13)9(7-8)11(15)16/h3-4,7,14H,2,5-6H2,1H3,(H,15,16). The highest BCUT2D eigenvalue weighted by molar-refractivity contribution is 7.89. The first-order valence-electron chi connectivity index (χ1n) is 5.80. The van der Waals surface area contributed by atoms with E-state index in [2.05, 4.69) is 4.72 Å². The maximum atomic E-state index is 13.2. The van der Waals surface area contributed by atoms with Gasteiger partial charge in [0, 0.05) is 5.54 Å². The van der Waals surface area contributed by atoms with Crippen molar-refractivity contribution in [3.8, 4) is 0 Å². The van der Waals surface area contributed by atoms with E-state index < -0.39 is 32.9 Å². The summed E-state index contributed by atoms with van der Waals surface area (Å²) in [7, 11) is -3.83. The first kappa shape index (κ1) is 14.0. The summed E-state index contributed by atoms with van der Waals surface area (Å²) < 4.78 is 40.0. The molecule has 1 aromatic carbocycles. The zero-order valence-corrected chi connectivity index (χ0v) is 11.1. The van der Waals surface area contributed by atoms with Gasteiger partial charge in [0.2, 0.25) is 10.0 Å². The van der Waals surface area contributed by atoms with Gasteiger partial charge in [-0.25, -0.2) is 22.3 Å². The van der Waals surface area contributed by atoms with Crippen molar-refractivity contribution in [2.75, 3.05) is 0 Å². The predicted octanol–water partition coefficient (Wildman–Crippen LogP) is 1.74. The number of carboxylic acids is 1. The number of carboxylic acid groups (broad SMARTS) is 1. The topological polar surface area (TPSA) is 83.5 Å². The van der Waals surface area contributed by atoms with Crippen molar-refractivity contribution in [1.29, 1.82) is 0 Å². The lowest BCUT2D eigenvalue weighted by molar-refractivity contribution is 0.0691. The highest BCUT2D eigenvalue weighted by Crippen LogP contribution is 2.32. The van der Waals surface area contributed by atoms with Crippen LogP contribution in [0, 0.1) is 5.82 Å². The van der Waals surface area contributed by atoms with Crippen LogP contribution in [0.3, 0.4) is 0 Å². The van der Waals surface area contributed by atoms with E-state index in [1.807, 2.05) is 0 Å². The maximum absolute atomic E-state index is 13.2. The van der Waals surface area contributed by atoms with E-state index in [0.717, 1.165) is 37.5 Å². The zero-order chi connectivity index (χ0) is 14.3. The molecule has 0 aromatic heterocycles. The molecule has 2 N–H and O–H groups in total. The molecular weight excluding hydrogens is 273 g/mol. The predicted molar refractivity (Wildman–Crippen MR) is 65.9 cm³/mol. The first-order valence-corrected chi connectivity index (χ1v) is 7.29. The minimum absolute atomic E-state index is 0.237. The summed E-state index contributed by atoms with van der Waals surface area (Å²) in [6, 6.07) is 2.75. The van der Waals surface area contributed by atoms with E-state index in [9.17, 15) is 17.6 Å². The van der Waals surface area contributed by atoms with Crippen LogP contribution in [0.1, 0.15) is 36.5 Å². The van der Waals surface area contributed by atoms with Crippen molar-refractivity contribution in [3.63, 3.8) is 0 Å². The van der Waals surface area contributed by atoms with Crippen molar-refractivity contribution in [3.05, 3.63) is 29.6 Å². The minimum atomic E-state index is -3.83. The number of carbonyl (C=O) groups is 1. The van der Waals surface area contributed by atoms with Crippen molar-refractivity contribution in [2.24, 2.45) is 0 Å². The lowest BCUT2D eigenvalue weighted by Crippen LogP contribution is -2.50. The van der Waals surface area contributed by atoms with Crippen LogP contribution < -0.4 is 4.72 Å². The third kappa shape index (κ3) is 2.76. The molecule has 0 radical (unpaired) electrons. The Bertz CT molecular complexity index is 623. The van der Waals surface area contributed by atoms with Gasteiger partial charge in [0.25, 0.3) is 0 Å². The summed E-state index contributed by atoms with van der Waals surface area (Å²) in [6.07, 6.45) is 2.42. The Labute approximate surface area is 110 Å². The summed E-state index contributed by atoms with van der Waals surface area (Å²) in [5.74, 6) is -2.45. The van der Waals surface area contributed by atoms with E-state index in [0.29, 0.717) is 0 Å². The monoisotopic (exact) mass is 287 g/mol. The van der Waals surface area contributed by atoms with Gasteiger partial charge in [0.05, 0.1) is 10.5 Å². The van der Waals surface area contributed by atoms with Gasteiger partial charge in [-0.3, -0.25) is 0 Å². The highest BCUT2D eigenvalue weighted by Gasteiger charge is 2.36. The number of nitrogens with one attached hydrogen (secondary N) is 1. The number of sulfonamides is 1. The Morgan fingerprint density at radius 2 is 2.05 bits per heavy atom. The van der Waals surface area contributed by atoms with Crippen molar-refractivity contribution < 1.29 is 22.7 Å². The van der Waals surface area contributed by atoms with Crippen molar-refractivity contribution in [2.45, 2.75) is 36.6 Å². The number of rotatable bonds is 4. The second kappa shape index (κ2) is 4.57. The van der Waals surface area contributed by atoms with Crippen LogP contribution in [-0.4, -0.2) is 25.0 Å². The SMILES string of the molecule is CC1(NS(=O)(=O)c2ccc(F)c(C(=O)O)c2)CCC1. The first-order chi connectivity index (χ1) is 8.73. The molecule has 7 heteroatoms. The molecule has 0 bridgehead atoms. The Kier molecular flexibility index (Phi) is 3.36. The van der Waals surface area contributed by atoms with Gasteiger partial charge in [-0.05, 0) is 44.4 Å². The Balaban J connectivity index is 2.35. The molecule has 1 saturated carbocycles. The van der Waals surface area contributed by atoms with E-state index in [1.54, 1.807) is 6.92 Å². The second-order valence-electron chi connectivity index (χ2n) is 4.97. The maximum Gasteiger partial charge on any atom is 0.338 e. The van der Waals surface area contributed by atoms with Crippen LogP contribution in [0.2, 0.25) is 0 Å². The van der Waals surface area contributed by atoms with Crippen LogP contribution in [0.15, 0.2) is 23.1 Å². The van der Waals surface area contributed by atoms with Crippen molar-refractivity contribution >= 4 is 16.0 Å². The van der Waals surface area contributed by atoms with Crippen LogP contribution >= 0.6 is 0 Å². The summed E-state index contributed by atoms with van der Waals surface area (Å²) in [5.41, 5.74) is -1.14. The van der Waals surface area contributed by atoms with Gasteiger partial charge in [0.1, 0.15) is 5.82 Å². The molecule has 0 aliphatic heterocycles. The molecule has 1 aliphatic rings. The average Bonchev–Trinajstić information content (AvgIpc) is 2.26. The molecule has 0 heterocycles. The molecular formula is C12H14FNO4S. The van der Waals surface area contributed by atoms with E-state index in [-0.39, 0.29) is 4.90 Å². The van der Waals surface area contributed by atoms with Gasteiger partial charge in [0.15, 0.2) is 0 Å². The molecule has 2 rings (SSSR count). The number of hydrogen-bond donors (Lipinski definition) is 2. The Hall–Kier alpha value is -1.47. The van der Waals surface area contributed by atoms with Gasteiger partial charge in [-0.1, -0.05) is 0 Å². The molecule has 19 heavy (non-hydrogen) atoms. The lowest BCUT2D eigenvalue weighted by Gasteiger charge is -2.38. The number of halogens is 1. The van der Waals surface area contributed by atoms with E-state index in [4.69, 9.17) is 5.11 Å². The Morgan fingerprint density at radius 3 is 2.53 bits per heavy atom. The molecule has 0 atom stereocenters. The largest absolute Gasteiger partial charge is 0.478 e. The lowest BCUT2D eigenvalue weighted by atomic mass is 9.80. The quantitative estimate of drug-likeness (QED) is 0.883. The van der Waals surface area contributed by atoms with Crippen LogP contribution in [0.25, 0.3) is 0 Å². The van der Waals surface area contributed by atoms with E-state index >= 15 is 0 Å². The fraction of sp³-hybridized carbons (Fsp3) is 0.417. The molecule has 0 saturated heterocycles. The van der Waals surface area contributed by atoms with Gasteiger partial charge in [-0.2, -0.15) is 0 Å². The molecule has 0 unspecified atom stereocenters. The van der Waals surface area contributed by atoms with E-state index in [1.165, 1.54) is 0 Å². The minimum Gasteiger partial charge on any atom is -0.478 e.